The van der Waals surface area contributed by atoms with E-state index in [4.69, 9.17) is 9.47 Å². The topological polar surface area (TPSA) is 38.8 Å². The highest BCUT2D eigenvalue weighted by Gasteiger charge is 2.14. The van der Waals surface area contributed by atoms with E-state index in [9.17, 15) is 4.79 Å². The molecule has 1 aromatic rings. The van der Waals surface area contributed by atoms with Crippen LogP contribution in [0.25, 0.3) is 0 Å². The Hall–Kier alpha value is -1.10. The molecule has 0 amide bonds. The van der Waals surface area contributed by atoms with Crippen LogP contribution >= 0.6 is 12.4 Å². The number of carbonyl (C=O) groups is 1. The van der Waals surface area contributed by atoms with Crippen LogP contribution in [0.5, 0.6) is 5.75 Å². The van der Waals surface area contributed by atoms with Crippen molar-refractivity contribution in [2.45, 2.75) is 78.1 Å². The van der Waals surface area contributed by atoms with Gasteiger partial charge in [-0.2, -0.15) is 0 Å². The van der Waals surface area contributed by atoms with Crippen molar-refractivity contribution in [3.63, 3.8) is 0 Å². The first kappa shape index (κ1) is 26.9. The molecule has 2 rings (SSSR count). The molecule has 172 valence electrons. The number of likely N-dealkylation sites (tertiary alicyclic amines) is 1. The van der Waals surface area contributed by atoms with Crippen LogP contribution in [-0.2, 0) is 11.2 Å². The number of aryl methyl sites for hydroxylation is 1. The fourth-order valence-electron chi connectivity index (χ4n) is 3.80. The SMILES string of the molecule is CCCCCOCCCCOc1ccc(C(=O)CCN2CCCCC2)cc1CC.Cl. The van der Waals surface area contributed by atoms with E-state index in [0.29, 0.717) is 13.0 Å². The molecule has 0 saturated carbocycles. The number of piperidine rings is 1. The maximum absolute atomic E-state index is 12.6. The smallest absolute Gasteiger partial charge is 0.164 e. The Kier molecular flexibility index (Phi) is 14.9. The molecule has 1 aliphatic heterocycles. The molecule has 1 aromatic carbocycles. The molecule has 4 nitrogen and oxygen atoms in total. The number of halogens is 1. The maximum Gasteiger partial charge on any atom is 0.164 e. The van der Waals surface area contributed by atoms with Crippen LogP contribution in [0.2, 0.25) is 0 Å². The molecule has 30 heavy (non-hydrogen) atoms. The summed E-state index contributed by atoms with van der Waals surface area (Å²) in [4.78, 5) is 15.0. The monoisotopic (exact) mass is 439 g/mol. The Morgan fingerprint density at radius 3 is 2.37 bits per heavy atom. The van der Waals surface area contributed by atoms with Crippen LogP contribution in [0.1, 0.15) is 87.6 Å². The summed E-state index contributed by atoms with van der Waals surface area (Å²) in [6.45, 7) is 9.90. The van der Waals surface area contributed by atoms with Crippen LogP contribution in [0.4, 0.5) is 0 Å². The number of hydrogen-bond donors (Lipinski definition) is 0. The second kappa shape index (κ2) is 16.6. The van der Waals surface area contributed by atoms with E-state index in [1.54, 1.807) is 0 Å². The zero-order valence-electron chi connectivity index (χ0n) is 19.1. The second-order valence-electron chi connectivity index (χ2n) is 8.13. The van der Waals surface area contributed by atoms with Crippen molar-refractivity contribution in [1.29, 1.82) is 0 Å². The first-order chi connectivity index (χ1) is 14.2. The number of benzene rings is 1. The predicted molar refractivity (Wildman–Crippen MR) is 127 cm³/mol. The summed E-state index contributed by atoms with van der Waals surface area (Å²) in [5, 5.41) is 0. The minimum Gasteiger partial charge on any atom is -0.493 e. The molecule has 1 heterocycles. The summed E-state index contributed by atoms with van der Waals surface area (Å²) in [5.74, 6) is 1.17. The van der Waals surface area contributed by atoms with Gasteiger partial charge in [-0.3, -0.25) is 4.79 Å². The van der Waals surface area contributed by atoms with Crippen molar-refractivity contribution in [2.75, 3.05) is 39.5 Å². The van der Waals surface area contributed by atoms with Gasteiger partial charge in [0.1, 0.15) is 5.75 Å². The molecule has 0 bridgehead atoms. The van der Waals surface area contributed by atoms with Gasteiger partial charge in [-0.25, -0.2) is 0 Å². The fraction of sp³-hybridized carbons (Fsp3) is 0.720. The molecule has 0 unspecified atom stereocenters. The minimum atomic E-state index is 0. The molecule has 1 aliphatic rings. The number of hydrogen-bond acceptors (Lipinski definition) is 4. The van der Waals surface area contributed by atoms with Gasteiger partial charge in [0, 0.05) is 31.7 Å². The van der Waals surface area contributed by atoms with Crippen molar-refractivity contribution < 1.29 is 14.3 Å². The third kappa shape index (κ3) is 10.3. The third-order valence-electron chi connectivity index (χ3n) is 5.70. The van der Waals surface area contributed by atoms with E-state index in [0.717, 1.165) is 75.4 Å². The van der Waals surface area contributed by atoms with Crippen LogP contribution in [-0.4, -0.2) is 50.1 Å². The van der Waals surface area contributed by atoms with E-state index in [-0.39, 0.29) is 18.2 Å². The van der Waals surface area contributed by atoms with Gasteiger partial charge in [0.05, 0.1) is 6.61 Å². The van der Waals surface area contributed by atoms with E-state index in [1.807, 2.05) is 18.2 Å². The summed E-state index contributed by atoms with van der Waals surface area (Å²) < 4.78 is 11.6. The molecule has 0 aliphatic carbocycles. The predicted octanol–water partition coefficient (Wildman–Crippen LogP) is 6.10. The lowest BCUT2D eigenvalue weighted by Gasteiger charge is -2.26. The fourth-order valence-corrected chi connectivity index (χ4v) is 3.80. The van der Waals surface area contributed by atoms with Crippen LogP contribution in [0, 0.1) is 0 Å². The normalized spacial score (nSPS) is 14.3. The zero-order valence-corrected chi connectivity index (χ0v) is 19.9. The van der Waals surface area contributed by atoms with Gasteiger partial charge in [-0.15, -0.1) is 12.4 Å². The van der Waals surface area contributed by atoms with Crippen LogP contribution in [0.15, 0.2) is 18.2 Å². The summed E-state index contributed by atoms with van der Waals surface area (Å²) in [5.41, 5.74) is 1.95. The second-order valence-corrected chi connectivity index (χ2v) is 8.13. The van der Waals surface area contributed by atoms with E-state index < -0.39 is 0 Å². The van der Waals surface area contributed by atoms with E-state index in [2.05, 4.69) is 18.7 Å². The number of nitrogens with zero attached hydrogens (tertiary/aromatic N) is 1. The number of ether oxygens (including phenoxy) is 2. The highest BCUT2D eigenvalue weighted by Crippen LogP contribution is 2.22. The largest absolute Gasteiger partial charge is 0.493 e. The van der Waals surface area contributed by atoms with Gasteiger partial charge < -0.3 is 14.4 Å². The minimum absolute atomic E-state index is 0. The molecular formula is C25H42ClNO3. The summed E-state index contributed by atoms with van der Waals surface area (Å²) in [6.07, 6.45) is 11.0. The highest BCUT2D eigenvalue weighted by atomic mass is 35.5. The quantitative estimate of drug-likeness (QED) is 0.244. The lowest BCUT2D eigenvalue weighted by atomic mass is 10.0. The average molecular weight is 440 g/mol. The standard InChI is InChI=1S/C25H41NO3.ClH/c1-3-5-9-18-28-19-10-11-20-29-25-13-12-23(21-22(25)4-2)24(27)14-17-26-15-7-6-8-16-26;/h12-13,21H,3-11,14-20H2,1-2H3;1H. The van der Waals surface area contributed by atoms with Gasteiger partial charge in [0.15, 0.2) is 5.78 Å². The van der Waals surface area contributed by atoms with Gasteiger partial charge in [0.25, 0.3) is 0 Å². The average Bonchev–Trinajstić information content (AvgIpc) is 2.77. The number of rotatable bonds is 15. The summed E-state index contributed by atoms with van der Waals surface area (Å²) in [6, 6.07) is 5.95. The Morgan fingerprint density at radius 2 is 1.67 bits per heavy atom. The van der Waals surface area contributed by atoms with Crippen LogP contribution in [0.3, 0.4) is 0 Å². The Balaban J connectivity index is 0.00000450. The lowest BCUT2D eigenvalue weighted by Crippen LogP contribution is -2.31. The first-order valence-electron chi connectivity index (χ1n) is 11.8. The number of ketones is 1. The number of carbonyl (C=O) groups excluding carboxylic acids is 1. The third-order valence-corrected chi connectivity index (χ3v) is 5.70. The van der Waals surface area contributed by atoms with Crippen molar-refractivity contribution in [1.82, 2.24) is 4.90 Å². The van der Waals surface area contributed by atoms with Crippen LogP contribution < -0.4 is 4.74 Å². The van der Waals surface area contributed by atoms with Crippen molar-refractivity contribution in [3.05, 3.63) is 29.3 Å². The highest BCUT2D eigenvalue weighted by molar-refractivity contribution is 5.96. The number of unbranched alkanes of at least 4 members (excludes halogenated alkanes) is 3. The Labute approximate surface area is 190 Å². The molecule has 0 N–H and O–H groups in total. The van der Waals surface area contributed by atoms with Crippen molar-refractivity contribution in [3.8, 4) is 5.75 Å². The summed E-state index contributed by atoms with van der Waals surface area (Å²) in [7, 11) is 0. The van der Waals surface area contributed by atoms with Gasteiger partial charge in [-0.1, -0.05) is 33.1 Å². The van der Waals surface area contributed by atoms with E-state index >= 15 is 0 Å². The molecule has 0 spiro atoms. The van der Waals surface area contributed by atoms with Gasteiger partial charge in [-0.05, 0) is 75.4 Å². The molecule has 0 radical (unpaired) electrons. The van der Waals surface area contributed by atoms with Crippen molar-refractivity contribution >= 4 is 18.2 Å². The Morgan fingerprint density at radius 1 is 0.967 bits per heavy atom. The first-order valence-corrected chi connectivity index (χ1v) is 11.8. The molecule has 5 heteroatoms. The molecule has 1 saturated heterocycles. The molecule has 0 atom stereocenters. The lowest BCUT2D eigenvalue weighted by molar-refractivity contribution is 0.0958. The maximum atomic E-state index is 12.6. The number of Topliss-reactive ketones (excluding diaryl/α,β-unsaturated/α-hetero) is 1. The molecule has 1 fully saturated rings. The zero-order chi connectivity index (χ0) is 20.7. The van der Waals surface area contributed by atoms with Gasteiger partial charge >= 0.3 is 0 Å². The summed E-state index contributed by atoms with van der Waals surface area (Å²) >= 11 is 0. The van der Waals surface area contributed by atoms with Gasteiger partial charge in [0.2, 0.25) is 0 Å². The molecular weight excluding hydrogens is 398 g/mol. The molecule has 0 aromatic heterocycles. The van der Waals surface area contributed by atoms with Crippen molar-refractivity contribution in [2.24, 2.45) is 0 Å². The Bertz CT molecular complexity index is 588. The van der Waals surface area contributed by atoms with E-state index in [1.165, 1.54) is 32.1 Å².